The third-order valence-corrected chi connectivity index (χ3v) is 3.97. The first-order valence-electron chi connectivity index (χ1n) is 7.45. The Morgan fingerprint density at radius 1 is 1.25 bits per heavy atom. The molecule has 1 N–H and O–H groups in total. The van der Waals surface area contributed by atoms with Crippen LogP contribution in [0.3, 0.4) is 0 Å². The minimum absolute atomic E-state index is 0.130. The van der Waals surface area contributed by atoms with Crippen molar-refractivity contribution >= 4 is 5.78 Å². The molecule has 0 saturated carbocycles. The lowest BCUT2D eigenvalue weighted by molar-refractivity contribution is 0.0921. The van der Waals surface area contributed by atoms with Crippen molar-refractivity contribution in [3.63, 3.8) is 0 Å². The van der Waals surface area contributed by atoms with Gasteiger partial charge in [0.1, 0.15) is 0 Å². The van der Waals surface area contributed by atoms with Crippen molar-refractivity contribution in [2.24, 2.45) is 0 Å². The molecule has 0 spiro atoms. The number of aryl methyl sites for hydroxylation is 1. The number of nitrogens with one attached hydrogen (secondary N) is 1. The lowest BCUT2D eigenvalue weighted by Crippen LogP contribution is -2.45. The van der Waals surface area contributed by atoms with Gasteiger partial charge in [0.15, 0.2) is 5.78 Å². The molecule has 1 aliphatic heterocycles. The summed E-state index contributed by atoms with van der Waals surface area (Å²) in [6.07, 6.45) is 0. The molecule has 0 unspecified atom stereocenters. The largest absolute Gasteiger partial charge is 0.314 e. The van der Waals surface area contributed by atoms with E-state index in [0.29, 0.717) is 6.54 Å². The number of rotatable bonds is 3. The van der Waals surface area contributed by atoms with Gasteiger partial charge in [0.05, 0.1) is 6.54 Å². The molecule has 0 amide bonds. The first-order chi connectivity index (χ1) is 9.38. The van der Waals surface area contributed by atoms with Crippen LogP contribution in [0.25, 0.3) is 0 Å². The summed E-state index contributed by atoms with van der Waals surface area (Å²) in [4.78, 5) is 14.7. The van der Waals surface area contributed by atoms with E-state index >= 15 is 0 Å². The first-order valence-corrected chi connectivity index (χ1v) is 7.45. The molecule has 0 radical (unpaired) electrons. The summed E-state index contributed by atoms with van der Waals surface area (Å²) in [6, 6.07) is 6.25. The molecule has 3 heteroatoms. The van der Waals surface area contributed by atoms with E-state index in [-0.39, 0.29) is 11.2 Å². The molecule has 0 aliphatic carbocycles. The molecule has 3 nitrogen and oxygen atoms in total. The van der Waals surface area contributed by atoms with Crippen LogP contribution in [0.1, 0.15) is 42.3 Å². The second-order valence-electron chi connectivity index (χ2n) is 6.73. The highest BCUT2D eigenvalue weighted by molar-refractivity contribution is 5.99. The Kier molecular flexibility index (Phi) is 4.61. The minimum Gasteiger partial charge on any atom is -0.314 e. The lowest BCUT2D eigenvalue weighted by atomic mass is 9.85. The molecule has 1 fully saturated rings. The number of Topliss-reactive ketones (excluding diaryl/α,β-unsaturated/α-hetero) is 1. The Balaban J connectivity index is 2.10. The third kappa shape index (κ3) is 3.68. The molecule has 1 saturated heterocycles. The van der Waals surface area contributed by atoms with Gasteiger partial charge in [-0.3, -0.25) is 9.69 Å². The summed E-state index contributed by atoms with van der Waals surface area (Å²) >= 11 is 0. The Morgan fingerprint density at radius 3 is 2.45 bits per heavy atom. The number of hydrogen-bond acceptors (Lipinski definition) is 3. The molecule has 2 rings (SSSR count). The zero-order chi connectivity index (χ0) is 14.8. The van der Waals surface area contributed by atoms with Gasteiger partial charge < -0.3 is 5.32 Å². The van der Waals surface area contributed by atoms with Crippen LogP contribution in [-0.4, -0.2) is 43.4 Å². The fourth-order valence-electron chi connectivity index (χ4n) is 2.60. The quantitative estimate of drug-likeness (QED) is 0.859. The van der Waals surface area contributed by atoms with Crippen LogP contribution in [-0.2, 0) is 5.41 Å². The maximum atomic E-state index is 12.4. The van der Waals surface area contributed by atoms with E-state index in [1.807, 2.05) is 13.0 Å². The summed E-state index contributed by atoms with van der Waals surface area (Å²) in [5.74, 6) is 0.241. The average molecular weight is 274 g/mol. The normalized spacial score (nSPS) is 17.2. The fraction of sp³-hybridized carbons (Fsp3) is 0.588. The van der Waals surface area contributed by atoms with Gasteiger partial charge in [-0.2, -0.15) is 0 Å². The van der Waals surface area contributed by atoms with Crippen molar-refractivity contribution in [2.45, 2.75) is 33.1 Å². The molecule has 110 valence electrons. The van der Waals surface area contributed by atoms with Crippen molar-refractivity contribution in [3.05, 3.63) is 34.9 Å². The number of piperazine rings is 1. The number of carbonyl (C=O) groups excluding carboxylic acids is 1. The third-order valence-electron chi connectivity index (χ3n) is 3.97. The van der Waals surface area contributed by atoms with Crippen LogP contribution in [0.15, 0.2) is 18.2 Å². The number of carbonyl (C=O) groups is 1. The van der Waals surface area contributed by atoms with Crippen molar-refractivity contribution in [1.82, 2.24) is 10.2 Å². The summed E-state index contributed by atoms with van der Waals surface area (Å²) in [5.41, 5.74) is 3.38. The van der Waals surface area contributed by atoms with Crippen molar-refractivity contribution in [1.29, 1.82) is 0 Å². The Bertz CT molecular complexity index is 482. The molecular formula is C17H26N2O. The smallest absolute Gasteiger partial charge is 0.177 e. The Labute approximate surface area is 122 Å². The van der Waals surface area contributed by atoms with Gasteiger partial charge in [-0.1, -0.05) is 39.0 Å². The highest BCUT2D eigenvalue weighted by atomic mass is 16.1. The minimum atomic E-state index is 0.130. The molecule has 0 atom stereocenters. The molecule has 1 aromatic rings. The average Bonchev–Trinajstić information content (AvgIpc) is 2.38. The molecular weight excluding hydrogens is 248 g/mol. The number of hydrogen-bond donors (Lipinski definition) is 1. The van der Waals surface area contributed by atoms with Gasteiger partial charge in [-0.25, -0.2) is 0 Å². The first kappa shape index (κ1) is 15.2. The van der Waals surface area contributed by atoms with E-state index in [2.05, 4.69) is 43.1 Å². The lowest BCUT2D eigenvalue weighted by Gasteiger charge is -2.27. The van der Waals surface area contributed by atoms with Gasteiger partial charge in [0.25, 0.3) is 0 Å². The number of benzene rings is 1. The second kappa shape index (κ2) is 6.06. The zero-order valence-corrected chi connectivity index (χ0v) is 13.1. The fourth-order valence-corrected chi connectivity index (χ4v) is 2.60. The summed E-state index contributed by atoms with van der Waals surface area (Å²) < 4.78 is 0. The van der Waals surface area contributed by atoms with Gasteiger partial charge in [0, 0.05) is 31.7 Å². The van der Waals surface area contributed by atoms with Gasteiger partial charge >= 0.3 is 0 Å². The maximum Gasteiger partial charge on any atom is 0.177 e. The SMILES string of the molecule is Cc1cc(C(C)(C)C)ccc1C(=O)CN1CCNCC1. The van der Waals surface area contributed by atoms with E-state index in [0.717, 1.165) is 37.3 Å². The van der Waals surface area contributed by atoms with E-state index < -0.39 is 0 Å². The van der Waals surface area contributed by atoms with Crippen LogP contribution < -0.4 is 5.32 Å². The Morgan fingerprint density at radius 2 is 1.90 bits per heavy atom. The molecule has 1 heterocycles. The molecule has 1 aliphatic rings. The molecule has 20 heavy (non-hydrogen) atoms. The van der Waals surface area contributed by atoms with E-state index in [4.69, 9.17) is 0 Å². The monoisotopic (exact) mass is 274 g/mol. The van der Waals surface area contributed by atoms with Gasteiger partial charge in [0.2, 0.25) is 0 Å². The summed E-state index contributed by atoms with van der Waals surface area (Å²) in [6.45, 7) is 13.1. The van der Waals surface area contributed by atoms with Crippen LogP contribution in [0.2, 0.25) is 0 Å². The van der Waals surface area contributed by atoms with E-state index in [1.165, 1.54) is 5.56 Å². The van der Waals surface area contributed by atoms with Crippen LogP contribution in [0, 0.1) is 6.92 Å². The van der Waals surface area contributed by atoms with Crippen LogP contribution in [0.5, 0.6) is 0 Å². The number of nitrogens with zero attached hydrogens (tertiary/aromatic N) is 1. The number of ketones is 1. The second-order valence-corrected chi connectivity index (χ2v) is 6.73. The Hall–Kier alpha value is -1.19. The van der Waals surface area contributed by atoms with Gasteiger partial charge in [-0.05, 0) is 23.5 Å². The predicted octanol–water partition coefficient (Wildman–Crippen LogP) is 2.38. The van der Waals surface area contributed by atoms with Crippen LogP contribution >= 0.6 is 0 Å². The van der Waals surface area contributed by atoms with E-state index in [9.17, 15) is 4.79 Å². The topological polar surface area (TPSA) is 32.3 Å². The zero-order valence-electron chi connectivity index (χ0n) is 13.1. The highest BCUT2D eigenvalue weighted by Gasteiger charge is 2.19. The highest BCUT2D eigenvalue weighted by Crippen LogP contribution is 2.24. The van der Waals surface area contributed by atoms with E-state index in [1.54, 1.807) is 0 Å². The van der Waals surface area contributed by atoms with Crippen molar-refractivity contribution < 1.29 is 4.79 Å². The predicted molar refractivity (Wildman–Crippen MR) is 83.5 cm³/mol. The van der Waals surface area contributed by atoms with Gasteiger partial charge in [-0.15, -0.1) is 0 Å². The molecule has 0 aromatic heterocycles. The summed E-state index contributed by atoms with van der Waals surface area (Å²) in [7, 11) is 0. The van der Waals surface area contributed by atoms with Crippen molar-refractivity contribution in [3.8, 4) is 0 Å². The summed E-state index contributed by atoms with van der Waals surface area (Å²) in [5, 5.41) is 3.31. The molecule has 0 bridgehead atoms. The van der Waals surface area contributed by atoms with Crippen LogP contribution in [0.4, 0.5) is 0 Å². The maximum absolute atomic E-state index is 12.4. The standard InChI is InChI=1S/C17H26N2O/c1-13-11-14(17(2,3)4)5-6-15(13)16(20)12-19-9-7-18-8-10-19/h5-6,11,18H,7-10,12H2,1-4H3. The van der Waals surface area contributed by atoms with Crippen molar-refractivity contribution in [2.75, 3.05) is 32.7 Å². The molecule has 1 aromatic carbocycles.